The molecule has 0 spiro atoms. The fraction of sp³-hybridized carbons (Fsp3) is 0.414. The maximum absolute atomic E-state index is 15.1. The number of nitrogens with two attached hydrogens (primary N) is 1. The topological polar surface area (TPSA) is 130 Å². The summed E-state index contributed by atoms with van der Waals surface area (Å²) in [4.78, 5) is 20.2. The second-order valence-corrected chi connectivity index (χ2v) is 13.0. The minimum absolute atomic E-state index is 0.0553. The minimum atomic E-state index is -4.79. The van der Waals surface area contributed by atoms with Crippen molar-refractivity contribution in [1.29, 1.82) is 0 Å². The van der Waals surface area contributed by atoms with E-state index in [1.165, 1.54) is 34.6 Å². The zero-order valence-electron chi connectivity index (χ0n) is 23.4. The molecule has 236 valence electrons. The van der Waals surface area contributed by atoms with Gasteiger partial charge < -0.3 is 16.4 Å². The smallest absolute Gasteiger partial charge is 0.324 e. The van der Waals surface area contributed by atoms with Gasteiger partial charge >= 0.3 is 6.18 Å². The Balaban J connectivity index is 1.37. The van der Waals surface area contributed by atoms with Crippen LogP contribution in [0.2, 0.25) is 0 Å². The first-order chi connectivity index (χ1) is 20.8. The molecule has 3 heterocycles. The second-order valence-electron chi connectivity index (χ2n) is 11.0. The van der Waals surface area contributed by atoms with E-state index in [9.17, 15) is 30.8 Å². The molecule has 0 saturated carbocycles. The molecule has 5 unspecified atom stereocenters. The van der Waals surface area contributed by atoms with Gasteiger partial charge in [0.25, 0.3) is 0 Å². The highest BCUT2D eigenvalue weighted by molar-refractivity contribution is 7.89. The molecule has 3 aromatic rings. The Hall–Kier alpha value is -3.53. The standard InChI is InChI=1S/C29H31F5N6O3S/c30-19-8-6-17(7-9-19)25(18-13-37-28(38-14-18)29(32,33)34)26(35)27(41)39-24-5-1-4-23(31)22(24)11-10-21-15-36-20-3-2-12-44(42,43)40(21)16-20/h1,4-9,13-14,20-21,25-26,36H,2-3,10-12,15-16,35H2,(H,39,41). The van der Waals surface area contributed by atoms with E-state index in [0.717, 1.165) is 30.9 Å². The van der Waals surface area contributed by atoms with Crippen molar-refractivity contribution in [3.05, 3.63) is 89.0 Å². The Morgan fingerprint density at radius 1 is 1.09 bits per heavy atom. The number of carbonyl (C=O) groups is 1. The molecule has 5 rings (SSSR count). The van der Waals surface area contributed by atoms with E-state index in [0.29, 0.717) is 25.1 Å². The molecule has 2 fully saturated rings. The van der Waals surface area contributed by atoms with E-state index in [1.54, 1.807) is 0 Å². The van der Waals surface area contributed by atoms with Gasteiger partial charge in [-0.05, 0) is 61.1 Å². The van der Waals surface area contributed by atoms with Crippen LogP contribution in [0.3, 0.4) is 0 Å². The molecule has 1 aromatic heterocycles. The highest BCUT2D eigenvalue weighted by Crippen LogP contribution is 2.31. The van der Waals surface area contributed by atoms with E-state index in [-0.39, 0.29) is 41.5 Å². The molecule has 1 amide bonds. The SMILES string of the molecule is NC(C(=O)Nc1cccc(F)c1CCC1CNC2CCCS(=O)(=O)N1C2)C(c1ccc(F)cc1)c1cnc(C(F)(F)F)nc1. The van der Waals surface area contributed by atoms with Crippen molar-refractivity contribution in [2.75, 3.05) is 24.2 Å². The quantitative estimate of drug-likeness (QED) is 0.322. The average molecular weight is 639 g/mol. The van der Waals surface area contributed by atoms with Crippen LogP contribution in [0.5, 0.6) is 0 Å². The van der Waals surface area contributed by atoms with Crippen molar-refractivity contribution in [3.8, 4) is 0 Å². The fourth-order valence-electron chi connectivity index (χ4n) is 5.78. The van der Waals surface area contributed by atoms with Crippen LogP contribution in [-0.2, 0) is 27.4 Å². The molecule has 4 N–H and O–H groups in total. The predicted molar refractivity (Wildman–Crippen MR) is 152 cm³/mol. The average Bonchev–Trinajstić information content (AvgIpc) is 3.09. The molecule has 44 heavy (non-hydrogen) atoms. The first-order valence-electron chi connectivity index (χ1n) is 14.0. The van der Waals surface area contributed by atoms with Crippen molar-refractivity contribution in [3.63, 3.8) is 0 Å². The monoisotopic (exact) mass is 638 g/mol. The van der Waals surface area contributed by atoms with E-state index in [1.807, 2.05) is 0 Å². The molecular formula is C29H31F5N6O3S. The Bertz CT molecular complexity index is 1590. The number of sulfonamides is 1. The number of nitrogens with one attached hydrogen (secondary N) is 2. The van der Waals surface area contributed by atoms with Gasteiger partial charge in [0.2, 0.25) is 21.8 Å². The summed E-state index contributed by atoms with van der Waals surface area (Å²) in [7, 11) is -3.45. The number of carbonyl (C=O) groups excluding carboxylic acids is 1. The molecule has 0 aliphatic carbocycles. The Morgan fingerprint density at radius 3 is 2.48 bits per heavy atom. The van der Waals surface area contributed by atoms with Gasteiger partial charge in [0.05, 0.1) is 11.8 Å². The van der Waals surface area contributed by atoms with E-state index >= 15 is 4.39 Å². The normalized spacial score (nSPS) is 22.9. The van der Waals surface area contributed by atoms with Gasteiger partial charge in [-0.15, -0.1) is 0 Å². The van der Waals surface area contributed by atoms with Crippen LogP contribution in [0, 0.1) is 11.6 Å². The molecule has 0 radical (unpaired) electrons. The summed E-state index contributed by atoms with van der Waals surface area (Å²) in [6.07, 6.45) is -1.27. The van der Waals surface area contributed by atoms with E-state index in [4.69, 9.17) is 5.73 Å². The first-order valence-corrected chi connectivity index (χ1v) is 15.7. The lowest BCUT2D eigenvalue weighted by molar-refractivity contribution is -0.145. The maximum Gasteiger partial charge on any atom is 0.451 e. The second kappa shape index (κ2) is 12.8. The number of rotatable bonds is 8. The van der Waals surface area contributed by atoms with Gasteiger partial charge in [0.15, 0.2) is 0 Å². The fourth-order valence-corrected chi connectivity index (χ4v) is 7.58. The third-order valence-corrected chi connectivity index (χ3v) is 10.0. The van der Waals surface area contributed by atoms with Gasteiger partial charge in [-0.1, -0.05) is 18.2 Å². The summed E-state index contributed by atoms with van der Waals surface area (Å²) in [6, 6.07) is 7.27. The van der Waals surface area contributed by atoms with Crippen molar-refractivity contribution < 1.29 is 35.2 Å². The number of aromatic nitrogens is 2. The Kier molecular flexibility index (Phi) is 9.30. The molecule has 2 aliphatic rings. The maximum atomic E-state index is 15.1. The number of alkyl halides is 3. The summed E-state index contributed by atoms with van der Waals surface area (Å²) < 4.78 is 95.2. The summed E-state index contributed by atoms with van der Waals surface area (Å²) in [6.45, 7) is 0.765. The summed E-state index contributed by atoms with van der Waals surface area (Å²) in [5, 5.41) is 6.00. The number of anilines is 1. The van der Waals surface area contributed by atoms with E-state index in [2.05, 4.69) is 20.6 Å². The number of benzene rings is 2. The lowest BCUT2D eigenvalue weighted by atomic mass is 9.86. The molecule has 9 nitrogen and oxygen atoms in total. The van der Waals surface area contributed by atoms with Crippen molar-refractivity contribution >= 4 is 21.6 Å². The number of hydrogen-bond donors (Lipinski definition) is 3. The molecule has 5 atom stereocenters. The predicted octanol–water partition coefficient (Wildman–Crippen LogP) is 3.57. The Morgan fingerprint density at radius 2 is 1.80 bits per heavy atom. The van der Waals surface area contributed by atoms with Crippen LogP contribution in [0.25, 0.3) is 0 Å². The lowest BCUT2D eigenvalue weighted by Gasteiger charge is -2.37. The summed E-state index contributed by atoms with van der Waals surface area (Å²) in [5.41, 5.74) is 7.02. The highest BCUT2D eigenvalue weighted by Gasteiger charge is 2.38. The van der Waals surface area contributed by atoms with Crippen molar-refractivity contribution in [2.24, 2.45) is 5.73 Å². The van der Waals surface area contributed by atoms with Crippen LogP contribution in [0.4, 0.5) is 27.6 Å². The molecule has 15 heteroatoms. The number of hydrogen-bond acceptors (Lipinski definition) is 7. The van der Waals surface area contributed by atoms with Crippen LogP contribution >= 0.6 is 0 Å². The van der Waals surface area contributed by atoms with Crippen LogP contribution in [0.1, 0.15) is 47.7 Å². The lowest BCUT2D eigenvalue weighted by Crippen LogP contribution is -2.57. The van der Waals surface area contributed by atoms with Crippen LogP contribution < -0.4 is 16.4 Å². The zero-order valence-corrected chi connectivity index (χ0v) is 24.2. The van der Waals surface area contributed by atoms with Crippen LogP contribution in [0.15, 0.2) is 54.9 Å². The molecule has 2 aromatic carbocycles. The summed E-state index contributed by atoms with van der Waals surface area (Å²) in [5.74, 6) is -4.37. The Labute approximate surface area is 251 Å². The third-order valence-electron chi connectivity index (χ3n) is 8.04. The molecule has 2 bridgehead atoms. The van der Waals surface area contributed by atoms with Crippen LogP contribution in [-0.4, -0.2) is 65.6 Å². The van der Waals surface area contributed by atoms with Gasteiger partial charge in [-0.25, -0.2) is 27.2 Å². The van der Waals surface area contributed by atoms with E-state index < -0.39 is 57.6 Å². The van der Waals surface area contributed by atoms with Crippen molar-refractivity contribution in [1.82, 2.24) is 19.6 Å². The number of fused-ring (bicyclic) bond motifs is 2. The molecule has 2 saturated heterocycles. The third kappa shape index (κ3) is 7.06. The highest BCUT2D eigenvalue weighted by atomic mass is 32.2. The van der Waals surface area contributed by atoms with Gasteiger partial charge in [-0.3, -0.25) is 4.79 Å². The number of amides is 1. The van der Waals surface area contributed by atoms with Crippen molar-refractivity contribution in [2.45, 2.75) is 55.9 Å². The summed E-state index contributed by atoms with van der Waals surface area (Å²) >= 11 is 0. The number of piperazine rings is 1. The largest absolute Gasteiger partial charge is 0.451 e. The number of halogens is 5. The van der Waals surface area contributed by atoms with Gasteiger partial charge in [-0.2, -0.15) is 17.5 Å². The molecular weight excluding hydrogens is 607 g/mol. The van der Waals surface area contributed by atoms with Gasteiger partial charge in [0, 0.05) is 54.7 Å². The van der Waals surface area contributed by atoms with Gasteiger partial charge in [0.1, 0.15) is 11.6 Å². The first kappa shape index (κ1) is 31.9. The number of nitrogens with zero attached hydrogens (tertiary/aromatic N) is 3. The zero-order chi connectivity index (χ0) is 31.6. The molecule has 2 aliphatic heterocycles. The minimum Gasteiger partial charge on any atom is -0.324 e.